The van der Waals surface area contributed by atoms with Gasteiger partial charge in [0, 0.05) is 5.41 Å². The molecule has 0 aliphatic carbocycles. The van der Waals surface area contributed by atoms with Crippen LogP contribution in [0.5, 0.6) is 0 Å². The second-order valence-electron chi connectivity index (χ2n) is 9.75. The van der Waals surface area contributed by atoms with Crippen LogP contribution in [0.15, 0.2) is 42.0 Å². The van der Waals surface area contributed by atoms with Gasteiger partial charge in [-0.2, -0.15) is 0 Å². The van der Waals surface area contributed by atoms with E-state index < -0.39 is 14.4 Å². The van der Waals surface area contributed by atoms with Crippen molar-refractivity contribution in [3.05, 3.63) is 47.5 Å². The summed E-state index contributed by atoms with van der Waals surface area (Å²) in [6, 6.07) is 9.02. The highest BCUT2D eigenvalue weighted by molar-refractivity contribution is 6.74. The monoisotopic (exact) mass is 400 g/mol. The third kappa shape index (κ3) is 7.65. The molecule has 0 spiro atoms. The van der Waals surface area contributed by atoms with Gasteiger partial charge in [-0.15, -0.1) is 0 Å². The van der Waals surface area contributed by atoms with Crippen molar-refractivity contribution < 1.29 is 14.0 Å². The third-order valence-corrected chi connectivity index (χ3v) is 9.56. The minimum absolute atomic E-state index is 0.184. The second-order valence-corrected chi connectivity index (χ2v) is 14.6. The predicted octanol–water partition coefficient (Wildman–Crippen LogP) is 6.23. The topological polar surface area (TPSA) is 35.5 Å². The normalized spacial score (nSPS) is 14.1. The Labute approximate surface area is 172 Å². The highest BCUT2D eigenvalue weighted by Gasteiger charge is 2.36. The lowest BCUT2D eigenvalue weighted by molar-refractivity contribution is 0.0179. The van der Waals surface area contributed by atoms with Crippen LogP contribution in [0.25, 0.3) is 0 Å². The molecule has 0 bridgehead atoms. The molecule has 0 amide bonds. The number of allylic oxidation sites excluding steroid dienone is 1. The summed E-state index contributed by atoms with van der Waals surface area (Å²) in [4.78, 5) is 12.4. The summed E-state index contributed by atoms with van der Waals surface area (Å²) >= 11 is 0. The van der Waals surface area contributed by atoms with E-state index >= 15 is 0 Å². The maximum absolute atomic E-state index is 12.4. The first-order valence-electron chi connectivity index (χ1n) is 9.82. The van der Waals surface area contributed by atoms with Gasteiger partial charge in [-0.3, -0.25) is 0 Å². The highest BCUT2D eigenvalue weighted by Crippen LogP contribution is 2.36. The Morgan fingerprint density at radius 2 is 1.68 bits per heavy atom. The van der Waals surface area contributed by atoms with Crippen LogP contribution in [0.2, 0.25) is 18.1 Å². The number of carbonyl (C=O) groups is 1. The quantitative estimate of drug-likeness (QED) is 0.334. The van der Waals surface area contributed by atoms with Crippen molar-refractivity contribution in [2.45, 2.75) is 72.7 Å². The van der Waals surface area contributed by atoms with Crippen LogP contribution in [0, 0.1) is 17.3 Å². The van der Waals surface area contributed by atoms with Gasteiger partial charge in [0.05, 0.1) is 12.2 Å². The van der Waals surface area contributed by atoms with Crippen LogP contribution in [-0.2, 0) is 9.16 Å². The lowest BCUT2D eigenvalue weighted by Gasteiger charge is -2.35. The van der Waals surface area contributed by atoms with E-state index in [-0.39, 0.29) is 16.4 Å². The molecule has 154 valence electrons. The Balaban J connectivity index is 2.83. The van der Waals surface area contributed by atoms with E-state index in [2.05, 4.69) is 45.7 Å². The molecular formula is C24H36O3Si. The Bertz CT molecular complexity index is 738. The highest BCUT2D eigenvalue weighted by atomic mass is 28.4. The van der Waals surface area contributed by atoms with Gasteiger partial charge in [-0.05, 0) is 48.8 Å². The van der Waals surface area contributed by atoms with Gasteiger partial charge in [0.25, 0.3) is 0 Å². The molecule has 1 aromatic rings. The number of hydrogen-bond acceptors (Lipinski definition) is 3. The van der Waals surface area contributed by atoms with E-state index in [9.17, 15) is 4.79 Å². The number of carbonyl (C=O) groups excluding carboxylic acids is 1. The van der Waals surface area contributed by atoms with Crippen LogP contribution >= 0.6 is 0 Å². The average molecular weight is 401 g/mol. The van der Waals surface area contributed by atoms with Crippen molar-refractivity contribution in [2.24, 2.45) is 5.41 Å². The molecular weight excluding hydrogens is 364 g/mol. The van der Waals surface area contributed by atoms with Crippen molar-refractivity contribution in [1.82, 2.24) is 0 Å². The Morgan fingerprint density at radius 3 is 2.18 bits per heavy atom. The molecule has 1 aromatic carbocycles. The molecule has 0 saturated heterocycles. The first-order chi connectivity index (χ1) is 12.7. The smallest absolute Gasteiger partial charge is 0.339 e. The summed E-state index contributed by atoms with van der Waals surface area (Å²) < 4.78 is 11.9. The first kappa shape index (κ1) is 24.2. The molecule has 0 N–H and O–H groups in total. The summed E-state index contributed by atoms with van der Waals surface area (Å²) in [6.45, 7) is 19.7. The molecule has 0 saturated carbocycles. The van der Waals surface area contributed by atoms with E-state index in [1.165, 1.54) is 0 Å². The Morgan fingerprint density at radius 1 is 1.11 bits per heavy atom. The fraction of sp³-hybridized carbons (Fsp3) is 0.542. The first-order valence-corrected chi connectivity index (χ1v) is 12.7. The zero-order valence-corrected chi connectivity index (χ0v) is 20.0. The van der Waals surface area contributed by atoms with E-state index in [1.807, 2.05) is 52.0 Å². The minimum atomic E-state index is -1.77. The summed E-state index contributed by atoms with van der Waals surface area (Å²) in [5.74, 6) is 5.92. The van der Waals surface area contributed by atoms with Gasteiger partial charge < -0.3 is 9.16 Å². The zero-order chi connectivity index (χ0) is 21.6. The molecule has 0 aliphatic heterocycles. The Hall–Kier alpha value is -1.83. The van der Waals surface area contributed by atoms with Crippen LogP contribution in [0.1, 0.15) is 58.8 Å². The zero-order valence-electron chi connectivity index (χ0n) is 19.0. The molecule has 0 fully saturated rings. The fourth-order valence-corrected chi connectivity index (χ4v) is 2.93. The molecule has 1 atom stereocenters. The number of ether oxygens (including phenoxy) is 1. The van der Waals surface area contributed by atoms with Crippen molar-refractivity contribution in [3.63, 3.8) is 0 Å². The van der Waals surface area contributed by atoms with Crippen LogP contribution in [-0.4, -0.2) is 27.0 Å². The molecule has 4 heteroatoms. The van der Waals surface area contributed by atoms with E-state index in [4.69, 9.17) is 9.16 Å². The maximum atomic E-state index is 12.4. The van der Waals surface area contributed by atoms with Crippen molar-refractivity contribution >= 4 is 14.3 Å². The summed E-state index contributed by atoms with van der Waals surface area (Å²) in [7, 11) is -1.77. The van der Waals surface area contributed by atoms with Crippen molar-refractivity contribution in [3.8, 4) is 11.8 Å². The molecule has 1 rings (SSSR count). The molecule has 0 radical (unpaired) electrons. The minimum Gasteiger partial charge on any atom is -0.445 e. The average Bonchev–Trinajstić information content (AvgIpc) is 2.57. The number of esters is 1. The van der Waals surface area contributed by atoms with Gasteiger partial charge >= 0.3 is 5.97 Å². The number of rotatable bonds is 5. The van der Waals surface area contributed by atoms with E-state index in [1.54, 1.807) is 12.1 Å². The van der Waals surface area contributed by atoms with E-state index in [0.29, 0.717) is 12.2 Å². The summed E-state index contributed by atoms with van der Waals surface area (Å²) in [5, 5.41) is 0.184. The van der Waals surface area contributed by atoms with Gasteiger partial charge in [-0.25, -0.2) is 4.79 Å². The van der Waals surface area contributed by atoms with Crippen molar-refractivity contribution in [1.29, 1.82) is 0 Å². The molecule has 28 heavy (non-hydrogen) atoms. The van der Waals surface area contributed by atoms with Gasteiger partial charge in [-0.1, -0.05) is 71.6 Å². The second kappa shape index (κ2) is 9.58. The van der Waals surface area contributed by atoms with Gasteiger partial charge in [0.15, 0.2) is 14.4 Å². The molecule has 1 unspecified atom stereocenters. The van der Waals surface area contributed by atoms with Crippen LogP contribution in [0.3, 0.4) is 0 Å². The molecule has 0 aliphatic rings. The Kier molecular flexibility index (Phi) is 8.28. The molecule has 3 nitrogen and oxygen atoms in total. The van der Waals surface area contributed by atoms with E-state index in [0.717, 1.165) is 5.57 Å². The van der Waals surface area contributed by atoms with Crippen LogP contribution in [0.4, 0.5) is 0 Å². The standard InChI is InChI=1S/C24H36O3Si/c1-19(17-18-26-28(8,9)24(5,6)7)15-16-21(23(2,3)4)27-22(25)20-13-11-10-12-14-20/h10-14,17,21H,18H2,1-9H3/b19-17-. The van der Waals surface area contributed by atoms with Gasteiger partial charge in [0.1, 0.15) is 0 Å². The third-order valence-electron chi connectivity index (χ3n) is 5.06. The van der Waals surface area contributed by atoms with Crippen molar-refractivity contribution in [2.75, 3.05) is 6.61 Å². The fourth-order valence-electron chi connectivity index (χ4n) is 1.99. The predicted molar refractivity (Wildman–Crippen MR) is 120 cm³/mol. The van der Waals surface area contributed by atoms with Crippen LogP contribution < -0.4 is 0 Å². The van der Waals surface area contributed by atoms with Gasteiger partial charge in [0.2, 0.25) is 0 Å². The molecule has 0 aromatic heterocycles. The lowest BCUT2D eigenvalue weighted by atomic mass is 9.89. The SMILES string of the molecule is C/C(C#CC(OC(=O)c1ccccc1)C(C)(C)C)=C/CO[Si](C)(C)C(C)(C)C. The maximum Gasteiger partial charge on any atom is 0.339 e. The summed E-state index contributed by atoms with van der Waals surface area (Å²) in [5.41, 5.74) is 1.17. The summed E-state index contributed by atoms with van der Waals surface area (Å²) in [6.07, 6.45) is 1.51. The lowest BCUT2D eigenvalue weighted by Crippen LogP contribution is -2.40. The largest absolute Gasteiger partial charge is 0.445 e. The number of hydrogen-bond donors (Lipinski definition) is 0. The number of benzene rings is 1. The molecule has 0 heterocycles.